The van der Waals surface area contributed by atoms with Gasteiger partial charge in [-0.3, -0.25) is 0 Å². The van der Waals surface area contributed by atoms with Gasteiger partial charge in [0.05, 0.1) is 5.69 Å². The number of hydrogen-bond donors (Lipinski definition) is 2. The van der Waals surface area contributed by atoms with E-state index in [1.165, 1.54) is 6.07 Å². The maximum absolute atomic E-state index is 10.8. The number of rotatable bonds is 5. The van der Waals surface area contributed by atoms with Crippen LogP contribution in [0.1, 0.15) is 21.7 Å². The topological polar surface area (TPSA) is 62.2 Å². The maximum Gasteiger partial charge on any atom is 0.354 e. The van der Waals surface area contributed by atoms with Crippen LogP contribution in [0.25, 0.3) is 0 Å². The second-order valence-electron chi connectivity index (χ2n) is 4.05. The van der Waals surface area contributed by atoms with Gasteiger partial charge in [0.15, 0.2) is 0 Å². The molecule has 0 amide bonds. The summed E-state index contributed by atoms with van der Waals surface area (Å²) in [6, 6.07) is 12.5. The minimum absolute atomic E-state index is 0.0609. The first-order chi connectivity index (χ1) is 9.15. The smallest absolute Gasteiger partial charge is 0.354 e. The molecule has 0 spiro atoms. The zero-order chi connectivity index (χ0) is 13.7. The number of halogens is 1. The molecule has 0 bridgehead atoms. The highest BCUT2D eigenvalue weighted by molar-refractivity contribution is 6.30. The minimum atomic E-state index is -1.01. The molecule has 0 radical (unpaired) electrons. The number of benzene rings is 1. The number of aromatic carboxylic acids is 1. The lowest BCUT2D eigenvalue weighted by molar-refractivity contribution is 0.0690. The van der Waals surface area contributed by atoms with Crippen LogP contribution in [0.5, 0.6) is 0 Å². The lowest BCUT2D eigenvalue weighted by Gasteiger charge is -2.05. The van der Waals surface area contributed by atoms with Gasteiger partial charge in [0.1, 0.15) is 5.69 Å². The Balaban J connectivity index is 1.90. The first-order valence-corrected chi connectivity index (χ1v) is 6.17. The quantitative estimate of drug-likeness (QED) is 0.881. The molecular formula is C14H13ClN2O2. The number of nitrogens with one attached hydrogen (secondary N) is 1. The average molecular weight is 277 g/mol. The van der Waals surface area contributed by atoms with Crippen LogP contribution in [-0.2, 0) is 13.1 Å². The number of carboxylic acid groups (broad SMARTS) is 1. The van der Waals surface area contributed by atoms with Crippen molar-refractivity contribution in [3.63, 3.8) is 0 Å². The van der Waals surface area contributed by atoms with Crippen molar-refractivity contribution < 1.29 is 9.90 Å². The predicted molar refractivity (Wildman–Crippen MR) is 73.2 cm³/mol. The summed E-state index contributed by atoms with van der Waals surface area (Å²) in [7, 11) is 0. The van der Waals surface area contributed by atoms with E-state index in [1.807, 2.05) is 24.3 Å². The fraction of sp³-hybridized carbons (Fsp3) is 0.143. The van der Waals surface area contributed by atoms with Crippen molar-refractivity contribution in [3.05, 3.63) is 64.4 Å². The zero-order valence-corrected chi connectivity index (χ0v) is 10.9. The predicted octanol–water partition coefficient (Wildman–Crippen LogP) is 2.72. The Morgan fingerprint density at radius 2 is 1.89 bits per heavy atom. The first kappa shape index (κ1) is 13.5. The van der Waals surface area contributed by atoms with E-state index in [0.717, 1.165) is 5.56 Å². The van der Waals surface area contributed by atoms with Gasteiger partial charge in [-0.2, -0.15) is 0 Å². The van der Waals surface area contributed by atoms with E-state index in [4.69, 9.17) is 16.7 Å². The van der Waals surface area contributed by atoms with E-state index >= 15 is 0 Å². The Morgan fingerprint density at radius 1 is 1.16 bits per heavy atom. The standard InChI is InChI=1S/C14H13ClN2O2/c15-11-6-4-10(5-7-11)8-16-9-12-2-1-3-13(17-12)14(18)19/h1-7,16H,8-9H2,(H,18,19). The van der Waals surface area contributed by atoms with E-state index in [2.05, 4.69) is 10.3 Å². The van der Waals surface area contributed by atoms with E-state index in [9.17, 15) is 4.79 Å². The van der Waals surface area contributed by atoms with Gasteiger partial charge in [-0.15, -0.1) is 0 Å². The molecule has 2 rings (SSSR count). The molecule has 0 saturated heterocycles. The molecule has 1 heterocycles. The van der Waals surface area contributed by atoms with Crippen molar-refractivity contribution in [2.45, 2.75) is 13.1 Å². The summed E-state index contributed by atoms with van der Waals surface area (Å²) in [5.41, 5.74) is 1.87. The Hall–Kier alpha value is -1.91. The van der Waals surface area contributed by atoms with Crippen LogP contribution in [0.3, 0.4) is 0 Å². The van der Waals surface area contributed by atoms with Crippen molar-refractivity contribution >= 4 is 17.6 Å². The van der Waals surface area contributed by atoms with E-state index in [0.29, 0.717) is 23.8 Å². The molecule has 0 aliphatic heterocycles. The van der Waals surface area contributed by atoms with Crippen LogP contribution in [0.15, 0.2) is 42.5 Å². The molecular weight excluding hydrogens is 264 g/mol. The highest BCUT2D eigenvalue weighted by Gasteiger charge is 2.04. The van der Waals surface area contributed by atoms with E-state index < -0.39 is 5.97 Å². The summed E-state index contributed by atoms with van der Waals surface area (Å²) in [5.74, 6) is -1.01. The normalized spacial score (nSPS) is 10.4. The fourth-order valence-corrected chi connectivity index (χ4v) is 1.76. The number of hydrogen-bond acceptors (Lipinski definition) is 3. The molecule has 19 heavy (non-hydrogen) atoms. The first-order valence-electron chi connectivity index (χ1n) is 5.79. The molecule has 2 aromatic rings. The van der Waals surface area contributed by atoms with Crippen LogP contribution >= 0.6 is 11.6 Å². The van der Waals surface area contributed by atoms with Gasteiger partial charge < -0.3 is 10.4 Å². The lowest BCUT2D eigenvalue weighted by Crippen LogP contribution is -2.14. The van der Waals surface area contributed by atoms with Gasteiger partial charge >= 0.3 is 5.97 Å². The van der Waals surface area contributed by atoms with Gasteiger partial charge in [0, 0.05) is 18.1 Å². The molecule has 2 N–H and O–H groups in total. The van der Waals surface area contributed by atoms with Crippen LogP contribution in [0, 0.1) is 0 Å². The van der Waals surface area contributed by atoms with Crippen LogP contribution < -0.4 is 5.32 Å². The molecule has 4 nitrogen and oxygen atoms in total. The molecule has 0 unspecified atom stereocenters. The SMILES string of the molecule is O=C(O)c1cccc(CNCc2ccc(Cl)cc2)n1. The highest BCUT2D eigenvalue weighted by Crippen LogP contribution is 2.09. The Morgan fingerprint density at radius 3 is 2.58 bits per heavy atom. The Labute approximate surface area is 116 Å². The molecule has 98 valence electrons. The number of carboxylic acids is 1. The Kier molecular flexibility index (Phi) is 4.49. The third-order valence-corrected chi connectivity index (χ3v) is 2.83. The van der Waals surface area contributed by atoms with Crippen LogP contribution in [0.4, 0.5) is 0 Å². The third kappa shape index (κ3) is 4.05. The molecule has 0 aliphatic rings. The number of pyridine rings is 1. The minimum Gasteiger partial charge on any atom is -0.477 e. The van der Waals surface area contributed by atoms with E-state index in [-0.39, 0.29) is 5.69 Å². The average Bonchev–Trinajstić information content (AvgIpc) is 2.41. The van der Waals surface area contributed by atoms with Gasteiger partial charge in [-0.05, 0) is 29.8 Å². The van der Waals surface area contributed by atoms with Gasteiger partial charge in [0.2, 0.25) is 0 Å². The molecule has 1 aromatic carbocycles. The van der Waals surface area contributed by atoms with Gasteiger partial charge in [-0.1, -0.05) is 29.8 Å². The monoisotopic (exact) mass is 276 g/mol. The molecule has 0 atom stereocenters. The van der Waals surface area contributed by atoms with E-state index in [1.54, 1.807) is 12.1 Å². The van der Waals surface area contributed by atoms with Crippen molar-refractivity contribution in [1.29, 1.82) is 0 Å². The number of nitrogens with zero attached hydrogens (tertiary/aromatic N) is 1. The van der Waals surface area contributed by atoms with Crippen molar-refractivity contribution in [2.75, 3.05) is 0 Å². The zero-order valence-electron chi connectivity index (χ0n) is 10.1. The van der Waals surface area contributed by atoms with Gasteiger partial charge in [0.25, 0.3) is 0 Å². The molecule has 0 fully saturated rings. The highest BCUT2D eigenvalue weighted by atomic mass is 35.5. The van der Waals surface area contributed by atoms with Crippen molar-refractivity contribution in [1.82, 2.24) is 10.3 Å². The maximum atomic E-state index is 10.8. The Bertz CT molecular complexity index is 570. The van der Waals surface area contributed by atoms with Crippen LogP contribution in [-0.4, -0.2) is 16.1 Å². The van der Waals surface area contributed by atoms with Crippen molar-refractivity contribution in [3.8, 4) is 0 Å². The molecule has 0 aliphatic carbocycles. The molecule has 5 heteroatoms. The second kappa shape index (κ2) is 6.31. The summed E-state index contributed by atoms with van der Waals surface area (Å²) in [5, 5.41) is 12.8. The summed E-state index contributed by atoms with van der Waals surface area (Å²) in [6.45, 7) is 1.19. The largest absolute Gasteiger partial charge is 0.477 e. The van der Waals surface area contributed by atoms with Gasteiger partial charge in [-0.25, -0.2) is 9.78 Å². The fourth-order valence-electron chi connectivity index (χ4n) is 1.63. The summed E-state index contributed by atoms with van der Waals surface area (Å²) >= 11 is 5.80. The van der Waals surface area contributed by atoms with Crippen molar-refractivity contribution in [2.24, 2.45) is 0 Å². The molecule has 0 saturated carbocycles. The molecule has 1 aromatic heterocycles. The summed E-state index contributed by atoms with van der Waals surface area (Å²) in [6.07, 6.45) is 0. The third-order valence-electron chi connectivity index (χ3n) is 2.57. The number of carbonyl (C=O) groups is 1. The number of aromatic nitrogens is 1. The summed E-state index contributed by atoms with van der Waals surface area (Å²) < 4.78 is 0. The van der Waals surface area contributed by atoms with Crippen LogP contribution in [0.2, 0.25) is 5.02 Å². The lowest BCUT2D eigenvalue weighted by atomic mass is 10.2. The second-order valence-corrected chi connectivity index (χ2v) is 4.49. The summed E-state index contributed by atoms with van der Waals surface area (Å²) in [4.78, 5) is 14.8.